The standard InChI is InChI=1S/C11H18O/c1-7-8(2)10(4)11(5-6-12)9(7)3/h11-12H,5-6H2,1-4H3. The van der Waals surface area contributed by atoms with Gasteiger partial charge in [-0.1, -0.05) is 11.1 Å². The highest BCUT2D eigenvalue weighted by atomic mass is 16.3. The van der Waals surface area contributed by atoms with E-state index in [0.29, 0.717) is 12.5 Å². The van der Waals surface area contributed by atoms with E-state index in [-0.39, 0.29) is 0 Å². The van der Waals surface area contributed by atoms with Gasteiger partial charge in [0, 0.05) is 12.5 Å². The van der Waals surface area contributed by atoms with Gasteiger partial charge in [0.25, 0.3) is 0 Å². The summed E-state index contributed by atoms with van der Waals surface area (Å²) in [6.45, 7) is 8.99. The van der Waals surface area contributed by atoms with Gasteiger partial charge in [-0.25, -0.2) is 0 Å². The van der Waals surface area contributed by atoms with Gasteiger partial charge in [-0.2, -0.15) is 0 Å². The molecule has 0 spiro atoms. The molecule has 0 unspecified atom stereocenters. The van der Waals surface area contributed by atoms with Crippen LogP contribution in [0.15, 0.2) is 22.3 Å². The first-order valence-corrected chi connectivity index (χ1v) is 4.55. The van der Waals surface area contributed by atoms with Gasteiger partial charge in [0.05, 0.1) is 0 Å². The fourth-order valence-corrected chi connectivity index (χ4v) is 2.00. The Labute approximate surface area is 74.8 Å². The van der Waals surface area contributed by atoms with E-state index in [2.05, 4.69) is 27.7 Å². The first-order valence-electron chi connectivity index (χ1n) is 4.55. The molecule has 0 saturated carbocycles. The molecule has 68 valence electrons. The Bertz CT molecular complexity index is 222. The highest BCUT2D eigenvalue weighted by Crippen LogP contribution is 2.37. The van der Waals surface area contributed by atoms with E-state index >= 15 is 0 Å². The Kier molecular flexibility index (Phi) is 2.73. The summed E-state index contributed by atoms with van der Waals surface area (Å²) in [6, 6.07) is 0. The first kappa shape index (κ1) is 9.53. The maximum Gasteiger partial charge on any atom is 0.0439 e. The van der Waals surface area contributed by atoms with Crippen molar-refractivity contribution in [1.82, 2.24) is 0 Å². The zero-order chi connectivity index (χ0) is 9.30. The third kappa shape index (κ3) is 1.34. The number of aliphatic hydroxyl groups is 1. The molecule has 1 aliphatic rings. The Hall–Kier alpha value is -0.560. The molecule has 0 bridgehead atoms. The Morgan fingerprint density at radius 3 is 1.75 bits per heavy atom. The third-order valence-corrected chi connectivity index (χ3v) is 3.21. The van der Waals surface area contributed by atoms with Gasteiger partial charge >= 0.3 is 0 Å². The van der Waals surface area contributed by atoms with Crippen LogP contribution in [0.25, 0.3) is 0 Å². The molecule has 0 aromatic carbocycles. The molecule has 0 aromatic rings. The van der Waals surface area contributed by atoms with Crippen molar-refractivity contribution in [3.05, 3.63) is 22.3 Å². The lowest BCUT2D eigenvalue weighted by Gasteiger charge is -2.12. The van der Waals surface area contributed by atoms with Crippen LogP contribution in [0.5, 0.6) is 0 Å². The SMILES string of the molecule is CC1=C(C)C(CCO)C(C)=C1C. The fourth-order valence-electron chi connectivity index (χ4n) is 2.00. The summed E-state index contributed by atoms with van der Waals surface area (Å²) in [5.41, 5.74) is 5.73. The van der Waals surface area contributed by atoms with Crippen LogP contribution in [-0.2, 0) is 0 Å². The molecule has 1 nitrogen and oxygen atoms in total. The molecule has 0 radical (unpaired) electrons. The predicted octanol–water partition coefficient (Wildman–Crippen LogP) is 2.67. The van der Waals surface area contributed by atoms with Gasteiger partial charge in [-0.3, -0.25) is 0 Å². The molecule has 0 fully saturated rings. The number of aliphatic hydroxyl groups excluding tert-OH is 1. The lowest BCUT2D eigenvalue weighted by atomic mass is 9.94. The monoisotopic (exact) mass is 166 g/mol. The summed E-state index contributed by atoms with van der Waals surface area (Å²) >= 11 is 0. The average molecular weight is 166 g/mol. The summed E-state index contributed by atoms with van der Waals surface area (Å²) in [7, 11) is 0. The molecule has 0 heterocycles. The maximum atomic E-state index is 8.89. The number of allylic oxidation sites excluding steroid dienone is 4. The Morgan fingerprint density at radius 1 is 1.00 bits per heavy atom. The first-order chi connectivity index (χ1) is 5.59. The minimum Gasteiger partial charge on any atom is -0.396 e. The minimum absolute atomic E-state index is 0.292. The quantitative estimate of drug-likeness (QED) is 0.668. The molecule has 1 aliphatic carbocycles. The summed E-state index contributed by atoms with van der Waals surface area (Å²) in [6.07, 6.45) is 0.881. The van der Waals surface area contributed by atoms with Crippen LogP contribution in [0, 0.1) is 5.92 Å². The highest BCUT2D eigenvalue weighted by Gasteiger charge is 2.23. The number of hydrogen-bond acceptors (Lipinski definition) is 1. The smallest absolute Gasteiger partial charge is 0.0439 e. The number of hydrogen-bond donors (Lipinski definition) is 1. The van der Waals surface area contributed by atoms with E-state index in [9.17, 15) is 0 Å². The predicted molar refractivity (Wildman–Crippen MR) is 51.9 cm³/mol. The Balaban J connectivity index is 2.91. The molecule has 1 rings (SSSR count). The summed E-state index contributed by atoms with van der Waals surface area (Å²) in [5.74, 6) is 0.509. The van der Waals surface area contributed by atoms with E-state index in [1.807, 2.05) is 0 Å². The van der Waals surface area contributed by atoms with Crippen molar-refractivity contribution >= 4 is 0 Å². The summed E-state index contributed by atoms with van der Waals surface area (Å²) in [4.78, 5) is 0. The number of rotatable bonds is 2. The van der Waals surface area contributed by atoms with Crippen LogP contribution in [0.4, 0.5) is 0 Å². The van der Waals surface area contributed by atoms with Crippen LogP contribution in [0.2, 0.25) is 0 Å². The minimum atomic E-state index is 0.292. The average Bonchev–Trinajstić information content (AvgIpc) is 2.23. The summed E-state index contributed by atoms with van der Waals surface area (Å²) in [5, 5.41) is 8.89. The highest BCUT2D eigenvalue weighted by molar-refractivity contribution is 5.46. The largest absolute Gasteiger partial charge is 0.396 e. The fraction of sp³-hybridized carbons (Fsp3) is 0.636. The van der Waals surface area contributed by atoms with E-state index < -0.39 is 0 Å². The lowest BCUT2D eigenvalue weighted by Crippen LogP contribution is -2.03. The van der Waals surface area contributed by atoms with Crippen molar-refractivity contribution in [2.24, 2.45) is 5.92 Å². The van der Waals surface area contributed by atoms with Crippen LogP contribution >= 0.6 is 0 Å². The third-order valence-electron chi connectivity index (χ3n) is 3.21. The van der Waals surface area contributed by atoms with Crippen molar-refractivity contribution in [2.75, 3.05) is 6.61 Å². The molecular weight excluding hydrogens is 148 g/mol. The maximum absolute atomic E-state index is 8.89. The van der Waals surface area contributed by atoms with Gasteiger partial charge in [-0.05, 0) is 45.3 Å². The Morgan fingerprint density at radius 2 is 1.42 bits per heavy atom. The molecule has 0 aliphatic heterocycles. The van der Waals surface area contributed by atoms with Gasteiger partial charge in [0.2, 0.25) is 0 Å². The molecular formula is C11H18O. The van der Waals surface area contributed by atoms with Crippen molar-refractivity contribution in [3.8, 4) is 0 Å². The molecule has 0 atom stereocenters. The molecule has 1 heteroatoms. The molecule has 0 saturated heterocycles. The van der Waals surface area contributed by atoms with Crippen molar-refractivity contribution in [2.45, 2.75) is 34.1 Å². The second kappa shape index (κ2) is 3.44. The normalized spacial score (nSPS) is 19.8. The van der Waals surface area contributed by atoms with Crippen molar-refractivity contribution in [1.29, 1.82) is 0 Å². The molecule has 0 aromatic heterocycles. The molecule has 1 N–H and O–H groups in total. The van der Waals surface area contributed by atoms with E-state index in [1.165, 1.54) is 22.3 Å². The second-order valence-corrected chi connectivity index (χ2v) is 3.68. The molecule has 0 amide bonds. The zero-order valence-corrected chi connectivity index (χ0v) is 8.44. The lowest BCUT2D eigenvalue weighted by molar-refractivity contribution is 0.275. The van der Waals surface area contributed by atoms with Crippen molar-refractivity contribution in [3.63, 3.8) is 0 Å². The van der Waals surface area contributed by atoms with Crippen LogP contribution in [0.3, 0.4) is 0 Å². The van der Waals surface area contributed by atoms with Gasteiger partial charge < -0.3 is 5.11 Å². The van der Waals surface area contributed by atoms with Gasteiger partial charge in [-0.15, -0.1) is 0 Å². The molecule has 12 heavy (non-hydrogen) atoms. The van der Waals surface area contributed by atoms with Crippen molar-refractivity contribution < 1.29 is 5.11 Å². The van der Waals surface area contributed by atoms with Gasteiger partial charge in [0.1, 0.15) is 0 Å². The van der Waals surface area contributed by atoms with Crippen LogP contribution in [0.1, 0.15) is 34.1 Å². The van der Waals surface area contributed by atoms with E-state index in [4.69, 9.17) is 5.11 Å². The van der Waals surface area contributed by atoms with Crippen LogP contribution < -0.4 is 0 Å². The zero-order valence-electron chi connectivity index (χ0n) is 8.44. The summed E-state index contributed by atoms with van der Waals surface area (Å²) < 4.78 is 0. The second-order valence-electron chi connectivity index (χ2n) is 3.68. The van der Waals surface area contributed by atoms with E-state index in [1.54, 1.807) is 0 Å². The van der Waals surface area contributed by atoms with Crippen LogP contribution in [-0.4, -0.2) is 11.7 Å². The van der Waals surface area contributed by atoms with Gasteiger partial charge in [0.15, 0.2) is 0 Å². The topological polar surface area (TPSA) is 20.2 Å². The van der Waals surface area contributed by atoms with E-state index in [0.717, 1.165) is 6.42 Å².